The fraction of sp³-hybridized carbons (Fsp3) is 0.294. The van der Waals surface area contributed by atoms with Gasteiger partial charge in [0.25, 0.3) is 0 Å². The molecule has 2 aliphatic rings. The molecule has 86 valence electrons. The zero-order valence-electron chi connectivity index (χ0n) is 10.7. The van der Waals surface area contributed by atoms with Crippen LogP contribution >= 0.6 is 0 Å². The van der Waals surface area contributed by atoms with Gasteiger partial charge in [0, 0.05) is 5.92 Å². The highest BCUT2D eigenvalue weighted by molar-refractivity contribution is 5.75. The Hall–Kier alpha value is -1.56. The lowest BCUT2D eigenvalue weighted by Crippen LogP contribution is -2.15. The molecule has 0 radical (unpaired) electrons. The van der Waals surface area contributed by atoms with Gasteiger partial charge in [0.15, 0.2) is 0 Å². The van der Waals surface area contributed by atoms with Crippen molar-refractivity contribution in [3.8, 4) is 0 Å². The maximum atomic E-state index is 2.41. The summed E-state index contributed by atoms with van der Waals surface area (Å²) in [5.41, 5.74) is 8.67. The van der Waals surface area contributed by atoms with Gasteiger partial charge >= 0.3 is 0 Å². The fourth-order valence-electron chi connectivity index (χ4n) is 3.03. The Balaban J connectivity index is 2.17. The van der Waals surface area contributed by atoms with E-state index in [1.54, 1.807) is 0 Å². The largest absolute Gasteiger partial charge is 0.0737 e. The average Bonchev–Trinajstić information content (AvgIpc) is 2.28. The molecular weight excluding hydrogens is 204 g/mol. The first-order valence-electron chi connectivity index (χ1n) is 6.32. The summed E-state index contributed by atoms with van der Waals surface area (Å²) in [6, 6.07) is 6.84. The number of allylic oxidation sites excluding steroid dienone is 6. The van der Waals surface area contributed by atoms with Crippen LogP contribution in [0.5, 0.6) is 0 Å². The predicted octanol–water partition coefficient (Wildman–Crippen LogP) is 4.46. The predicted molar refractivity (Wildman–Crippen MR) is 73.9 cm³/mol. The van der Waals surface area contributed by atoms with Gasteiger partial charge in [-0.15, -0.1) is 0 Å². The summed E-state index contributed by atoms with van der Waals surface area (Å²) in [4.78, 5) is 0. The quantitative estimate of drug-likeness (QED) is 0.608. The second kappa shape index (κ2) is 3.73. The third-order valence-corrected chi connectivity index (χ3v) is 3.93. The fourth-order valence-corrected chi connectivity index (χ4v) is 3.03. The van der Waals surface area contributed by atoms with Crippen LogP contribution in [0, 0.1) is 12.8 Å². The van der Waals surface area contributed by atoms with Crippen LogP contribution in [-0.4, -0.2) is 0 Å². The van der Waals surface area contributed by atoms with Crippen LogP contribution in [0.25, 0.3) is 5.57 Å². The summed E-state index contributed by atoms with van der Waals surface area (Å²) in [5, 5.41) is 0. The zero-order valence-corrected chi connectivity index (χ0v) is 10.7. The lowest BCUT2D eigenvalue weighted by atomic mass is 9.76. The van der Waals surface area contributed by atoms with Crippen molar-refractivity contribution in [3.63, 3.8) is 0 Å². The van der Waals surface area contributed by atoms with Gasteiger partial charge in [0.05, 0.1) is 0 Å². The molecule has 3 rings (SSSR count). The third-order valence-electron chi connectivity index (χ3n) is 3.93. The molecule has 0 nitrogen and oxygen atoms in total. The summed E-state index contributed by atoms with van der Waals surface area (Å²) in [6.45, 7) is 6.62. The Morgan fingerprint density at radius 1 is 1.06 bits per heavy atom. The monoisotopic (exact) mass is 222 g/mol. The zero-order chi connectivity index (χ0) is 12.0. The molecule has 0 fully saturated rings. The van der Waals surface area contributed by atoms with Crippen molar-refractivity contribution in [1.29, 1.82) is 0 Å². The van der Waals surface area contributed by atoms with Crippen LogP contribution in [0.3, 0.4) is 0 Å². The second-order valence-corrected chi connectivity index (χ2v) is 5.30. The van der Waals surface area contributed by atoms with Crippen LogP contribution in [-0.2, 0) is 6.42 Å². The number of rotatable bonds is 0. The maximum Gasteiger partial charge on any atom is 0.00671 e. The van der Waals surface area contributed by atoms with Gasteiger partial charge < -0.3 is 0 Å². The Morgan fingerprint density at radius 2 is 1.88 bits per heavy atom. The van der Waals surface area contributed by atoms with Gasteiger partial charge in [0.2, 0.25) is 0 Å². The van der Waals surface area contributed by atoms with Crippen LogP contribution in [0.1, 0.15) is 30.5 Å². The number of aryl methyl sites for hydroxylation is 1. The summed E-state index contributed by atoms with van der Waals surface area (Å²) in [6.07, 6.45) is 8.10. The smallest absolute Gasteiger partial charge is 0.00671 e. The third kappa shape index (κ3) is 1.68. The minimum Gasteiger partial charge on any atom is -0.0737 e. The molecule has 0 spiro atoms. The van der Waals surface area contributed by atoms with E-state index in [0.29, 0.717) is 5.92 Å². The van der Waals surface area contributed by atoms with E-state index < -0.39 is 0 Å². The van der Waals surface area contributed by atoms with Crippen molar-refractivity contribution < 1.29 is 0 Å². The van der Waals surface area contributed by atoms with Crippen LogP contribution in [0.15, 0.2) is 47.6 Å². The molecule has 2 aliphatic carbocycles. The SMILES string of the molecule is CC1=CC2Cc3cc(C)ccc3C(C)=C2C=C1. The van der Waals surface area contributed by atoms with Crippen LogP contribution in [0.4, 0.5) is 0 Å². The van der Waals surface area contributed by atoms with Crippen molar-refractivity contribution >= 4 is 5.57 Å². The van der Waals surface area contributed by atoms with E-state index in [2.05, 4.69) is 57.2 Å². The minimum absolute atomic E-state index is 0.592. The molecule has 1 atom stereocenters. The van der Waals surface area contributed by atoms with Gasteiger partial charge in [-0.3, -0.25) is 0 Å². The van der Waals surface area contributed by atoms with Gasteiger partial charge in [-0.05, 0) is 49.5 Å². The highest BCUT2D eigenvalue weighted by Gasteiger charge is 2.23. The minimum atomic E-state index is 0.592. The van der Waals surface area contributed by atoms with E-state index in [0.717, 1.165) is 6.42 Å². The second-order valence-electron chi connectivity index (χ2n) is 5.30. The van der Waals surface area contributed by atoms with Gasteiger partial charge in [-0.2, -0.15) is 0 Å². The molecule has 0 N–H and O–H groups in total. The van der Waals surface area contributed by atoms with Crippen LogP contribution in [0.2, 0.25) is 0 Å². The molecule has 0 bridgehead atoms. The van der Waals surface area contributed by atoms with Crippen molar-refractivity contribution in [3.05, 3.63) is 64.3 Å². The molecule has 1 aromatic carbocycles. The molecule has 1 aromatic rings. The van der Waals surface area contributed by atoms with E-state index in [-0.39, 0.29) is 0 Å². The topological polar surface area (TPSA) is 0 Å². The van der Waals surface area contributed by atoms with Crippen molar-refractivity contribution in [2.24, 2.45) is 5.92 Å². The molecule has 17 heavy (non-hydrogen) atoms. The van der Waals surface area contributed by atoms with Gasteiger partial charge in [-0.25, -0.2) is 0 Å². The highest BCUT2D eigenvalue weighted by Crippen LogP contribution is 2.38. The van der Waals surface area contributed by atoms with E-state index in [1.807, 2.05) is 0 Å². The van der Waals surface area contributed by atoms with E-state index in [4.69, 9.17) is 0 Å². The Morgan fingerprint density at radius 3 is 2.71 bits per heavy atom. The normalized spacial score (nSPS) is 22.1. The van der Waals surface area contributed by atoms with Crippen LogP contribution < -0.4 is 0 Å². The standard InChI is InChI=1S/C17H18/c1-11-4-6-16-13(3)17-7-5-12(2)9-15(17)10-14(16)8-11/h4-9,14H,10H2,1-3H3. The molecule has 1 unspecified atom stereocenters. The molecule has 0 aliphatic heterocycles. The van der Waals surface area contributed by atoms with E-state index >= 15 is 0 Å². The Labute approximate surface area is 103 Å². The first-order valence-corrected chi connectivity index (χ1v) is 6.32. The molecule has 0 amide bonds. The number of benzene rings is 1. The summed E-state index contributed by atoms with van der Waals surface area (Å²) in [5.74, 6) is 0.592. The van der Waals surface area contributed by atoms with Crippen molar-refractivity contribution in [1.82, 2.24) is 0 Å². The Bertz CT molecular complexity index is 568. The summed E-state index contributed by atoms with van der Waals surface area (Å²) < 4.78 is 0. The van der Waals surface area contributed by atoms with E-state index in [1.165, 1.54) is 33.4 Å². The highest BCUT2D eigenvalue weighted by atomic mass is 14.3. The van der Waals surface area contributed by atoms with Crippen molar-refractivity contribution in [2.45, 2.75) is 27.2 Å². The summed E-state index contributed by atoms with van der Waals surface area (Å²) in [7, 11) is 0. The van der Waals surface area contributed by atoms with E-state index in [9.17, 15) is 0 Å². The Kier molecular flexibility index (Phi) is 2.32. The molecule has 0 saturated heterocycles. The lowest BCUT2D eigenvalue weighted by Gasteiger charge is -2.28. The van der Waals surface area contributed by atoms with Gasteiger partial charge in [-0.1, -0.05) is 47.6 Å². The molecule has 0 heteroatoms. The number of hydrogen-bond donors (Lipinski definition) is 0. The van der Waals surface area contributed by atoms with Gasteiger partial charge in [0.1, 0.15) is 0 Å². The molecule has 0 heterocycles. The average molecular weight is 222 g/mol. The number of fused-ring (bicyclic) bond motifs is 2. The lowest BCUT2D eigenvalue weighted by molar-refractivity contribution is 0.745. The van der Waals surface area contributed by atoms with Crippen molar-refractivity contribution in [2.75, 3.05) is 0 Å². The maximum absolute atomic E-state index is 2.41. The molecule has 0 aromatic heterocycles. The first-order chi connectivity index (χ1) is 8.15. The molecule has 0 saturated carbocycles. The molecular formula is C17H18. The number of hydrogen-bond acceptors (Lipinski definition) is 0. The summed E-state index contributed by atoms with van der Waals surface area (Å²) >= 11 is 0. The first kappa shape index (κ1) is 10.6.